The quantitative estimate of drug-likeness (QED) is 0.734. The van der Waals surface area contributed by atoms with Gasteiger partial charge >= 0.3 is 0 Å². The molecule has 32 heavy (non-hydrogen) atoms. The largest absolute Gasteiger partial charge is 0.388 e. The third kappa shape index (κ3) is 3.59. The number of anilines is 4. The molecule has 2 atom stereocenters. The van der Waals surface area contributed by atoms with E-state index < -0.39 is 5.41 Å². The van der Waals surface area contributed by atoms with Crippen molar-refractivity contribution >= 4 is 29.0 Å². The summed E-state index contributed by atoms with van der Waals surface area (Å²) in [5, 5.41) is 13.2. The minimum Gasteiger partial charge on any atom is -0.388 e. The Bertz CT molecular complexity index is 1030. The van der Waals surface area contributed by atoms with Crippen molar-refractivity contribution in [3.63, 3.8) is 0 Å². The topological polar surface area (TPSA) is 104 Å². The van der Waals surface area contributed by atoms with Crippen LogP contribution in [0.4, 0.5) is 23.1 Å². The zero-order valence-electron chi connectivity index (χ0n) is 19.0. The van der Waals surface area contributed by atoms with Crippen molar-refractivity contribution < 1.29 is 14.6 Å². The number of morpholine rings is 1. The maximum Gasteiger partial charge on any atom is 0.243 e. The molecule has 5 rings (SSSR count). The first-order valence-corrected chi connectivity index (χ1v) is 11.3. The van der Waals surface area contributed by atoms with Gasteiger partial charge in [-0.3, -0.25) is 9.69 Å². The maximum absolute atomic E-state index is 13.5. The predicted molar refractivity (Wildman–Crippen MR) is 121 cm³/mol. The molecule has 1 amide bonds. The summed E-state index contributed by atoms with van der Waals surface area (Å²) in [5.41, 5.74) is 0.625. The third-order valence-corrected chi connectivity index (χ3v) is 6.30. The van der Waals surface area contributed by atoms with Crippen LogP contribution in [-0.2, 0) is 21.6 Å². The lowest BCUT2D eigenvalue weighted by Gasteiger charge is -2.36. The average molecular weight is 439 g/mol. The van der Waals surface area contributed by atoms with Gasteiger partial charge in [-0.15, -0.1) is 0 Å². The number of fused-ring (bicyclic) bond motifs is 1. The van der Waals surface area contributed by atoms with Gasteiger partial charge in [-0.25, -0.2) is 15.0 Å². The maximum atomic E-state index is 13.5. The van der Waals surface area contributed by atoms with E-state index >= 15 is 0 Å². The lowest BCUT2D eigenvalue weighted by molar-refractivity contribution is -0.121. The van der Waals surface area contributed by atoms with Crippen molar-refractivity contribution in [3.05, 3.63) is 29.7 Å². The number of hydrogen-bond acceptors (Lipinski definition) is 8. The van der Waals surface area contributed by atoms with Crippen LogP contribution in [0.2, 0.25) is 0 Å². The van der Waals surface area contributed by atoms with Crippen LogP contribution in [0.15, 0.2) is 18.3 Å². The zero-order chi connectivity index (χ0) is 22.6. The number of carbonyl (C=O) groups is 1. The molecule has 1 aliphatic carbocycles. The fraction of sp³-hybridized carbons (Fsp3) is 0.565. The predicted octanol–water partition coefficient (Wildman–Crippen LogP) is 2.51. The molecular weight excluding hydrogens is 408 g/mol. The molecule has 4 heterocycles. The number of ether oxygens (including phenoxy) is 1. The van der Waals surface area contributed by atoms with E-state index in [0.717, 1.165) is 37.3 Å². The average Bonchev–Trinajstić information content (AvgIpc) is 3.54. The van der Waals surface area contributed by atoms with Gasteiger partial charge in [0, 0.05) is 19.1 Å². The highest BCUT2D eigenvalue weighted by Gasteiger charge is 2.49. The van der Waals surface area contributed by atoms with Crippen LogP contribution in [-0.4, -0.2) is 57.3 Å². The van der Waals surface area contributed by atoms with Crippen molar-refractivity contribution in [1.82, 2.24) is 15.0 Å². The van der Waals surface area contributed by atoms with Crippen LogP contribution < -0.4 is 15.1 Å². The van der Waals surface area contributed by atoms with Gasteiger partial charge in [0.15, 0.2) is 5.82 Å². The van der Waals surface area contributed by atoms with Gasteiger partial charge in [-0.05, 0) is 52.7 Å². The Balaban J connectivity index is 1.51. The summed E-state index contributed by atoms with van der Waals surface area (Å²) < 4.78 is 5.82. The zero-order valence-corrected chi connectivity index (χ0v) is 19.0. The van der Waals surface area contributed by atoms with Crippen molar-refractivity contribution in [2.45, 2.75) is 70.8 Å². The molecule has 2 aromatic heterocycles. The molecule has 1 saturated heterocycles. The lowest BCUT2D eigenvalue weighted by Crippen LogP contribution is -2.45. The molecular formula is C23H30N6O3. The summed E-state index contributed by atoms with van der Waals surface area (Å²) in [7, 11) is 0. The minimum atomic E-state index is -0.797. The van der Waals surface area contributed by atoms with Gasteiger partial charge in [-0.2, -0.15) is 0 Å². The number of aromatic nitrogens is 3. The summed E-state index contributed by atoms with van der Waals surface area (Å²) in [6.45, 7) is 9.17. The summed E-state index contributed by atoms with van der Waals surface area (Å²) >= 11 is 0. The van der Waals surface area contributed by atoms with Crippen molar-refractivity contribution in [1.29, 1.82) is 0 Å². The Morgan fingerprint density at radius 2 is 1.91 bits per heavy atom. The third-order valence-electron chi connectivity index (χ3n) is 6.30. The molecule has 2 N–H and O–H groups in total. The molecule has 0 bridgehead atoms. The van der Waals surface area contributed by atoms with E-state index in [1.807, 2.05) is 26.0 Å². The molecule has 9 nitrogen and oxygen atoms in total. The first kappa shape index (κ1) is 21.1. The smallest absolute Gasteiger partial charge is 0.243 e. The summed E-state index contributed by atoms with van der Waals surface area (Å²) in [6, 6.07) is 4.21. The molecule has 9 heteroatoms. The highest BCUT2D eigenvalue weighted by Crippen LogP contribution is 2.47. The summed E-state index contributed by atoms with van der Waals surface area (Å²) in [6.07, 6.45) is 4.15. The molecule has 0 spiro atoms. The number of nitrogens with one attached hydrogen (secondary N) is 1. The highest BCUT2D eigenvalue weighted by molar-refractivity contribution is 6.12. The first-order chi connectivity index (χ1) is 15.3. The lowest BCUT2D eigenvalue weighted by atomic mass is 9.87. The summed E-state index contributed by atoms with van der Waals surface area (Å²) in [5.74, 6) is 2.23. The van der Waals surface area contributed by atoms with Gasteiger partial charge in [0.1, 0.15) is 24.1 Å². The van der Waals surface area contributed by atoms with E-state index in [1.54, 1.807) is 11.1 Å². The molecule has 0 radical (unpaired) electrons. The van der Waals surface area contributed by atoms with Crippen LogP contribution in [0.25, 0.3) is 0 Å². The van der Waals surface area contributed by atoms with Crippen molar-refractivity contribution in [2.24, 2.45) is 0 Å². The van der Waals surface area contributed by atoms with Crippen molar-refractivity contribution in [3.8, 4) is 0 Å². The number of nitrogens with zero attached hydrogens (tertiary/aromatic N) is 5. The molecule has 0 aromatic carbocycles. The van der Waals surface area contributed by atoms with Crippen LogP contribution in [0, 0.1) is 0 Å². The van der Waals surface area contributed by atoms with Gasteiger partial charge in [0.25, 0.3) is 0 Å². The molecule has 2 fully saturated rings. The van der Waals surface area contributed by atoms with E-state index in [4.69, 9.17) is 4.74 Å². The number of rotatable bonds is 5. The SMILES string of the molecule is C[C@@H]1CN(c2ccc(N3C(=O)C(C)(C)c4c(NC5CC5)nc(CO)nc43)cn2)C[C@H](C)O1. The Morgan fingerprint density at radius 3 is 2.50 bits per heavy atom. The minimum absolute atomic E-state index is 0.0843. The molecule has 2 aliphatic heterocycles. The molecule has 1 saturated carbocycles. The van der Waals surface area contributed by atoms with Crippen LogP contribution in [0.1, 0.15) is 51.9 Å². The second kappa shape index (κ2) is 7.67. The molecule has 0 unspecified atom stereocenters. The van der Waals surface area contributed by atoms with E-state index in [-0.39, 0.29) is 24.7 Å². The number of aliphatic hydroxyl groups excluding tert-OH is 1. The fourth-order valence-electron chi connectivity index (χ4n) is 4.61. The number of pyridine rings is 1. The van der Waals surface area contributed by atoms with E-state index in [2.05, 4.69) is 39.0 Å². The Kier molecular flexibility index (Phi) is 5.05. The molecule has 3 aliphatic rings. The second-order valence-electron chi connectivity index (χ2n) is 9.57. The number of aliphatic hydroxyl groups is 1. The van der Waals surface area contributed by atoms with Crippen LogP contribution >= 0.6 is 0 Å². The number of carbonyl (C=O) groups excluding carboxylic acids is 1. The molecule has 2 aromatic rings. The Morgan fingerprint density at radius 1 is 1.19 bits per heavy atom. The monoisotopic (exact) mass is 438 g/mol. The van der Waals surface area contributed by atoms with Gasteiger partial charge < -0.3 is 20.1 Å². The van der Waals surface area contributed by atoms with Crippen LogP contribution in [0.5, 0.6) is 0 Å². The van der Waals surface area contributed by atoms with Gasteiger partial charge in [-0.1, -0.05) is 0 Å². The fourth-order valence-corrected chi connectivity index (χ4v) is 4.61. The Hall–Kier alpha value is -2.78. The van der Waals surface area contributed by atoms with Crippen LogP contribution in [0.3, 0.4) is 0 Å². The highest BCUT2D eigenvalue weighted by atomic mass is 16.5. The standard InChI is InChI=1S/C23H30N6O3/c1-13-10-28(11-14(2)32-13)18-8-7-16(9-24-18)29-21-19(23(3,4)22(29)31)20(25-15-5-6-15)26-17(12-30)27-21/h7-9,13-15,30H,5-6,10-12H2,1-4H3,(H,25,26,27)/t13-,14+. The Labute approximate surface area is 187 Å². The van der Waals surface area contributed by atoms with Crippen molar-refractivity contribution in [2.75, 3.05) is 28.2 Å². The normalized spacial score (nSPS) is 24.6. The number of hydrogen-bond donors (Lipinski definition) is 2. The molecule has 170 valence electrons. The van der Waals surface area contributed by atoms with Gasteiger partial charge in [0.2, 0.25) is 5.91 Å². The van der Waals surface area contributed by atoms with E-state index in [1.165, 1.54) is 0 Å². The number of amides is 1. The van der Waals surface area contributed by atoms with E-state index in [9.17, 15) is 9.90 Å². The second-order valence-corrected chi connectivity index (χ2v) is 9.57. The first-order valence-electron chi connectivity index (χ1n) is 11.3. The van der Waals surface area contributed by atoms with Gasteiger partial charge in [0.05, 0.1) is 35.1 Å². The summed E-state index contributed by atoms with van der Waals surface area (Å²) in [4.78, 5) is 31.0. The van der Waals surface area contributed by atoms with E-state index in [0.29, 0.717) is 29.2 Å².